The summed E-state index contributed by atoms with van der Waals surface area (Å²) in [4.78, 5) is 22.4. The lowest BCUT2D eigenvalue weighted by Crippen LogP contribution is -2.42. The van der Waals surface area contributed by atoms with Crippen molar-refractivity contribution in [2.75, 3.05) is 39.3 Å². The Hall–Kier alpha value is -2.05. The Morgan fingerprint density at radius 1 is 1.35 bits per heavy atom. The molecule has 0 aromatic carbocycles. The van der Waals surface area contributed by atoms with Crippen molar-refractivity contribution >= 4 is 11.9 Å². The van der Waals surface area contributed by atoms with Crippen LogP contribution in [0, 0.1) is 5.92 Å². The molecule has 0 spiro atoms. The first-order chi connectivity index (χ1) is 9.67. The molecule has 1 N–H and O–H groups in total. The average molecular weight is 280 g/mol. The zero-order valence-corrected chi connectivity index (χ0v) is 12.0. The Bertz CT molecular complexity index is 458. The monoisotopic (exact) mass is 280 g/mol. The fourth-order valence-electron chi connectivity index (χ4n) is 2.32. The van der Waals surface area contributed by atoms with Crippen LogP contribution in [0.5, 0.6) is 11.8 Å². The molecule has 0 aliphatic carbocycles. The van der Waals surface area contributed by atoms with Crippen molar-refractivity contribution in [1.29, 1.82) is 0 Å². The predicted octanol–water partition coefficient (Wildman–Crippen LogP) is 0.456. The van der Waals surface area contributed by atoms with Gasteiger partial charge in [0.05, 0.1) is 26.2 Å². The Balaban J connectivity index is 2.19. The zero-order valence-electron chi connectivity index (χ0n) is 12.0. The van der Waals surface area contributed by atoms with E-state index >= 15 is 0 Å². The number of anilines is 1. The van der Waals surface area contributed by atoms with Crippen molar-refractivity contribution < 1.29 is 14.3 Å². The van der Waals surface area contributed by atoms with Crippen LogP contribution in [0.4, 0.5) is 5.95 Å². The number of carbonyl (C=O) groups excluding carboxylic acids is 1. The molecule has 20 heavy (non-hydrogen) atoms. The number of nitrogens with one attached hydrogen (secondary N) is 1. The Labute approximate surface area is 118 Å². The Kier molecular flexibility index (Phi) is 4.60. The fourth-order valence-corrected chi connectivity index (χ4v) is 2.32. The van der Waals surface area contributed by atoms with Gasteiger partial charge in [-0.25, -0.2) is 0 Å². The van der Waals surface area contributed by atoms with Gasteiger partial charge >= 0.3 is 0 Å². The third kappa shape index (κ3) is 3.09. The summed E-state index contributed by atoms with van der Waals surface area (Å²) in [7, 11) is 4.76. The lowest BCUT2D eigenvalue weighted by Gasteiger charge is -2.31. The zero-order chi connectivity index (χ0) is 14.5. The molecular formula is C13H20N4O3. The largest absolute Gasteiger partial charge is 0.481 e. The average Bonchev–Trinajstić information content (AvgIpc) is 2.53. The molecule has 2 rings (SSSR count). The molecule has 0 radical (unpaired) electrons. The molecule has 1 aliphatic heterocycles. The van der Waals surface area contributed by atoms with Crippen molar-refractivity contribution in [2.24, 2.45) is 5.92 Å². The summed E-state index contributed by atoms with van der Waals surface area (Å²) in [6, 6.07) is 1.63. The summed E-state index contributed by atoms with van der Waals surface area (Å²) in [5.41, 5.74) is 0. The van der Waals surface area contributed by atoms with Gasteiger partial charge in [-0.2, -0.15) is 9.97 Å². The van der Waals surface area contributed by atoms with Crippen LogP contribution in [0.1, 0.15) is 12.8 Å². The van der Waals surface area contributed by atoms with Crippen molar-refractivity contribution in [2.45, 2.75) is 12.8 Å². The van der Waals surface area contributed by atoms with E-state index in [1.54, 1.807) is 27.3 Å². The molecule has 0 bridgehead atoms. The number of hydrogen-bond acceptors (Lipinski definition) is 6. The van der Waals surface area contributed by atoms with Crippen LogP contribution in [-0.4, -0.2) is 50.2 Å². The van der Waals surface area contributed by atoms with Crippen molar-refractivity contribution in [3.63, 3.8) is 0 Å². The highest BCUT2D eigenvalue weighted by Gasteiger charge is 2.27. The van der Waals surface area contributed by atoms with Gasteiger partial charge in [0.1, 0.15) is 0 Å². The molecule has 1 aromatic rings. The quantitative estimate of drug-likeness (QED) is 0.863. The van der Waals surface area contributed by atoms with Crippen molar-refractivity contribution in [3.05, 3.63) is 6.07 Å². The van der Waals surface area contributed by atoms with Crippen LogP contribution < -0.4 is 19.7 Å². The van der Waals surface area contributed by atoms with Crippen LogP contribution in [0.15, 0.2) is 6.07 Å². The number of ether oxygens (including phenoxy) is 2. The van der Waals surface area contributed by atoms with Crippen molar-refractivity contribution in [1.82, 2.24) is 15.3 Å². The van der Waals surface area contributed by atoms with E-state index in [2.05, 4.69) is 15.3 Å². The molecule has 7 nitrogen and oxygen atoms in total. The number of hydrogen-bond donors (Lipinski definition) is 1. The van der Waals surface area contributed by atoms with Crippen LogP contribution in [-0.2, 0) is 4.79 Å². The Morgan fingerprint density at radius 3 is 2.55 bits per heavy atom. The standard InChI is InChI=1S/C13H20N4O3/c1-14-12(18)9-5-4-6-17(8-9)13-15-10(19-2)7-11(16-13)20-3/h7,9H,4-6,8H2,1-3H3,(H,14,18). The van der Waals surface area contributed by atoms with Gasteiger partial charge in [0.15, 0.2) is 0 Å². The summed E-state index contributed by atoms with van der Waals surface area (Å²) in [6.07, 6.45) is 1.82. The molecule has 110 valence electrons. The van der Waals surface area contributed by atoms with E-state index in [9.17, 15) is 4.79 Å². The highest BCUT2D eigenvalue weighted by atomic mass is 16.5. The van der Waals surface area contributed by atoms with E-state index < -0.39 is 0 Å². The minimum Gasteiger partial charge on any atom is -0.481 e. The number of amides is 1. The van der Waals surface area contributed by atoms with E-state index in [0.29, 0.717) is 24.3 Å². The second-order valence-electron chi connectivity index (χ2n) is 4.65. The number of piperidine rings is 1. The maximum Gasteiger partial charge on any atom is 0.231 e. The molecule has 1 aromatic heterocycles. The van der Waals surface area contributed by atoms with Gasteiger partial charge < -0.3 is 19.7 Å². The molecular weight excluding hydrogens is 260 g/mol. The molecule has 1 atom stereocenters. The second kappa shape index (κ2) is 6.40. The van der Waals surface area contributed by atoms with Crippen molar-refractivity contribution in [3.8, 4) is 11.8 Å². The van der Waals surface area contributed by atoms with Gasteiger partial charge in [-0.1, -0.05) is 0 Å². The molecule has 0 saturated carbocycles. The van der Waals surface area contributed by atoms with E-state index in [1.165, 1.54) is 0 Å². The highest BCUT2D eigenvalue weighted by molar-refractivity contribution is 5.79. The topological polar surface area (TPSA) is 76.6 Å². The first-order valence-electron chi connectivity index (χ1n) is 6.61. The fraction of sp³-hybridized carbons (Fsp3) is 0.615. The van der Waals surface area contributed by atoms with E-state index in [4.69, 9.17) is 9.47 Å². The summed E-state index contributed by atoms with van der Waals surface area (Å²) in [6.45, 7) is 1.43. The molecule has 1 saturated heterocycles. The second-order valence-corrected chi connectivity index (χ2v) is 4.65. The van der Waals surface area contributed by atoms with Gasteiger partial charge in [-0.15, -0.1) is 0 Å². The van der Waals surface area contributed by atoms with Gasteiger partial charge in [0.25, 0.3) is 0 Å². The number of methoxy groups -OCH3 is 2. The van der Waals surface area contributed by atoms with Gasteiger partial charge in [0, 0.05) is 20.1 Å². The van der Waals surface area contributed by atoms with E-state index in [-0.39, 0.29) is 11.8 Å². The van der Waals surface area contributed by atoms with Gasteiger partial charge in [-0.05, 0) is 12.8 Å². The lowest BCUT2D eigenvalue weighted by atomic mass is 9.97. The number of aromatic nitrogens is 2. The summed E-state index contributed by atoms with van der Waals surface area (Å²) < 4.78 is 10.3. The molecule has 1 aliphatic rings. The van der Waals surface area contributed by atoms with Gasteiger partial charge in [-0.3, -0.25) is 4.79 Å². The minimum absolute atomic E-state index is 0.0328. The molecule has 1 fully saturated rings. The third-order valence-corrected chi connectivity index (χ3v) is 3.41. The number of nitrogens with zero attached hydrogens (tertiary/aromatic N) is 3. The summed E-state index contributed by atoms with van der Waals surface area (Å²) in [5, 5.41) is 2.70. The highest BCUT2D eigenvalue weighted by Crippen LogP contribution is 2.24. The van der Waals surface area contributed by atoms with Crippen LogP contribution in [0.25, 0.3) is 0 Å². The Morgan fingerprint density at radius 2 is 2.00 bits per heavy atom. The van der Waals surface area contributed by atoms with E-state index in [1.807, 2.05) is 4.90 Å². The maximum atomic E-state index is 11.8. The predicted molar refractivity (Wildman–Crippen MR) is 74.1 cm³/mol. The summed E-state index contributed by atoms with van der Waals surface area (Å²) in [5.74, 6) is 1.47. The van der Waals surface area contributed by atoms with E-state index in [0.717, 1.165) is 19.4 Å². The molecule has 2 heterocycles. The third-order valence-electron chi connectivity index (χ3n) is 3.41. The van der Waals surface area contributed by atoms with Gasteiger partial charge in [0.2, 0.25) is 23.6 Å². The first-order valence-corrected chi connectivity index (χ1v) is 6.61. The maximum absolute atomic E-state index is 11.8. The lowest BCUT2D eigenvalue weighted by molar-refractivity contribution is -0.124. The molecule has 7 heteroatoms. The van der Waals surface area contributed by atoms with Crippen LogP contribution in [0.2, 0.25) is 0 Å². The number of rotatable bonds is 4. The first kappa shape index (κ1) is 14.4. The number of carbonyl (C=O) groups is 1. The smallest absolute Gasteiger partial charge is 0.231 e. The van der Waals surface area contributed by atoms with Crippen LogP contribution in [0.3, 0.4) is 0 Å². The normalized spacial score (nSPS) is 18.6. The van der Waals surface area contributed by atoms with Crippen LogP contribution >= 0.6 is 0 Å². The summed E-state index contributed by atoms with van der Waals surface area (Å²) >= 11 is 0. The molecule has 1 amide bonds. The minimum atomic E-state index is -0.0328. The molecule has 1 unspecified atom stereocenters. The SMILES string of the molecule is CNC(=O)C1CCCN(c2nc(OC)cc(OC)n2)C1.